The van der Waals surface area contributed by atoms with Gasteiger partial charge in [0, 0.05) is 18.7 Å². The molecule has 1 fully saturated rings. The first-order chi connectivity index (χ1) is 9.65. The summed E-state index contributed by atoms with van der Waals surface area (Å²) in [5, 5.41) is 13.0. The molecule has 0 bridgehead atoms. The minimum absolute atomic E-state index is 0.246. The van der Waals surface area contributed by atoms with Crippen molar-refractivity contribution in [2.45, 2.75) is 45.2 Å². The zero-order valence-corrected chi connectivity index (χ0v) is 12.8. The van der Waals surface area contributed by atoms with Crippen LogP contribution in [-0.2, 0) is 0 Å². The minimum Gasteiger partial charge on any atom is -0.497 e. The fourth-order valence-electron chi connectivity index (χ4n) is 2.72. The lowest BCUT2D eigenvalue weighted by atomic mass is 9.96. The van der Waals surface area contributed by atoms with Gasteiger partial charge in [-0.1, -0.05) is 26.0 Å². The average molecular weight is 277 g/mol. The van der Waals surface area contributed by atoms with Gasteiger partial charge in [-0.25, -0.2) is 0 Å². The van der Waals surface area contributed by atoms with E-state index in [2.05, 4.69) is 31.3 Å². The van der Waals surface area contributed by atoms with Crippen molar-refractivity contribution >= 4 is 0 Å². The third-order valence-electron chi connectivity index (χ3n) is 4.21. The predicted molar refractivity (Wildman–Crippen MR) is 81.9 cm³/mol. The number of hydrogen-bond donors (Lipinski definition) is 2. The van der Waals surface area contributed by atoms with Crippen LogP contribution in [0.15, 0.2) is 24.3 Å². The summed E-state index contributed by atoms with van der Waals surface area (Å²) in [6, 6.07) is 9.15. The van der Waals surface area contributed by atoms with Crippen molar-refractivity contribution < 1.29 is 9.84 Å². The van der Waals surface area contributed by atoms with E-state index in [1.165, 1.54) is 18.4 Å². The van der Waals surface area contributed by atoms with Crippen molar-refractivity contribution in [3.05, 3.63) is 29.8 Å². The van der Waals surface area contributed by atoms with E-state index >= 15 is 0 Å². The van der Waals surface area contributed by atoms with E-state index in [4.69, 9.17) is 4.74 Å². The number of methoxy groups -OCH3 is 1. The summed E-state index contributed by atoms with van der Waals surface area (Å²) in [7, 11) is 1.70. The van der Waals surface area contributed by atoms with Gasteiger partial charge in [0.2, 0.25) is 0 Å². The lowest BCUT2D eigenvalue weighted by Crippen LogP contribution is -2.38. The summed E-state index contributed by atoms with van der Waals surface area (Å²) in [5.74, 6) is 2.17. The standard InChI is InChI=1S/C17H27NO2/c1-12(2)16(10-11-19)18-17(13-4-5-13)14-6-8-15(20-3)9-7-14/h6-9,12-13,16-19H,4-5,10-11H2,1-3H3. The van der Waals surface area contributed by atoms with Crippen LogP contribution in [0.5, 0.6) is 5.75 Å². The molecular formula is C17H27NO2. The van der Waals surface area contributed by atoms with Gasteiger partial charge in [-0.3, -0.25) is 0 Å². The van der Waals surface area contributed by atoms with Crippen LogP contribution in [0.3, 0.4) is 0 Å². The van der Waals surface area contributed by atoms with Gasteiger partial charge in [-0.15, -0.1) is 0 Å². The van der Waals surface area contributed by atoms with Crippen LogP contribution in [0.25, 0.3) is 0 Å². The van der Waals surface area contributed by atoms with Gasteiger partial charge in [0.1, 0.15) is 5.75 Å². The Balaban J connectivity index is 2.09. The Morgan fingerprint density at radius 2 is 1.90 bits per heavy atom. The highest BCUT2D eigenvalue weighted by Gasteiger charge is 2.33. The Kier molecular flexibility index (Phi) is 5.44. The maximum Gasteiger partial charge on any atom is 0.118 e. The van der Waals surface area contributed by atoms with E-state index in [0.717, 1.165) is 18.1 Å². The SMILES string of the molecule is COc1ccc(C(NC(CCO)C(C)C)C2CC2)cc1. The molecule has 1 aliphatic rings. The Labute approximate surface area is 122 Å². The molecule has 1 aromatic rings. The van der Waals surface area contributed by atoms with Crippen molar-refractivity contribution in [3.8, 4) is 5.75 Å². The third kappa shape index (κ3) is 3.97. The third-order valence-corrected chi connectivity index (χ3v) is 4.21. The molecule has 2 atom stereocenters. The number of rotatable bonds is 8. The lowest BCUT2D eigenvalue weighted by Gasteiger charge is -2.28. The van der Waals surface area contributed by atoms with E-state index in [-0.39, 0.29) is 6.61 Å². The quantitative estimate of drug-likeness (QED) is 0.767. The first-order valence-corrected chi connectivity index (χ1v) is 7.66. The van der Waals surface area contributed by atoms with Gasteiger partial charge in [-0.05, 0) is 48.8 Å². The van der Waals surface area contributed by atoms with E-state index in [1.807, 2.05) is 12.1 Å². The number of benzene rings is 1. The summed E-state index contributed by atoms with van der Waals surface area (Å²) in [5.41, 5.74) is 1.33. The Bertz CT molecular complexity index is 398. The maximum atomic E-state index is 9.24. The maximum absolute atomic E-state index is 9.24. The lowest BCUT2D eigenvalue weighted by molar-refractivity contribution is 0.230. The van der Waals surface area contributed by atoms with Crippen molar-refractivity contribution in [2.24, 2.45) is 11.8 Å². The van der Waals surface area contributed by atoms with Gasteiger partial charge >= 0.3 is 0 Å². The summed E-state index contributed by atoms with van der Waals surface area (Å²) in [4.78, 5) is 0. The Hall–Kier alpha value is -1.06. The molecule has 2 N–H and O–H groups in total. The molecule has 0 saturated heterocycles. The Morgan fingerprint density at radius 1 is 1.25 bits per heavy atom. The van der Waals surface area contributed by atoms with Crippen LogP contribution < -0.4 is 10.1 Å². The summed E-state index contributed by atoms with van der Waals surface area (Å²) in [6.07, 6.45) is 3.41. The molecule has 0 amide bonds. The normalized spacial score (nSPS) is 18.1. The molecule has 20 heavy (non-hydrogen) atoms. The number of aliphatic hydroxyl groups excluding tert-OH is 1. The Morgan fingerprint density at radius 3 is 2.35 bits per heavy atom. The largest absolute Gasteiger partial charge is 0.497 e. The second kappa shape index (κ2) is 7.09. The first kappa shape index (κ1) is 15.3. The summed E-state index contributed by atoms with van der Waals surface area (Å²) >= 11 is 0. The van der Waals surface area contributed by atoms with Gasteiger partial charge in [0.25, 0.3) is 0 Å². The number of ether oxygens (including phenoxy) is 1. The van der Waals surface area contributed by atoms with Gasteiger partial charge in [0.05, 0.1) is 7.11 Å². The van der Waals surface area contributed by atoms with Crippen LogP contribution in [-0.4, -0.2) is 24.9 Å². The van der Waals surface area contributed by atoms with Crippen molar-refractivity contribution in [1.29, 1.82) is 0 Å². The highest BCUT2D eigenvalue weighted by Crippen LogP contribution is 2.42. The summed E-state index contributed by atoms with van der Waals surface area (Å²) in [6.45, 7) is 4.67. The van der Waals surface area contributed by atoms with Crippen molar-refractivity contribution in [1.82, 2.24) is 5.32 Å². The fraction of sp³-hybridized carbons (Fsp3) is 0.647. The average Bonchev–Trinajstić information content (AvgIpc) is 3.28. The van der Waals surface area contributed by atoms with Gasteiger partial charge in [0.15, 0.2) is 0 Å². The summed E-state index contributed by atoms with van der Waals surface area (Å²) < 4.78 is 5.23. The molecule has 1 aromatic carbocycles. The molecule has 2 rings (SSSR count). The molecule has 3 nitrogen and oxygen atoms in total. The van der Waals surface area contributed by atoms with E-state index < -0.39 is 0 Å². The van der Waals surface area contributed by atoms with Gasteiger partial charge < -0.3 is 15.2 Å². The fourth-order valence-corrected chi connectivity index (χ4v) is 2.72. The smallest absolute Gasteiger partial charge is 0.118 e. The van der Waals surface area contributed by atoms with E-state index in [1.54, 1.807) is 7.11 Å². The number of nitrogens with one attached hydrogen (secondary N) is 1. The second-order valence-corrected chi connectivity index (χ2v) is 6.12. The second-order valence-electron chi connectivity index (χ2n) is 6.12. The van der Waals surface area contributed by atoms with E-state index in [9.17, 15) is 5.11 Å². The van der Waals surface area contributed by atoms with Crippen LogP contribution >= 0.6 is 0 Å². The van der Waals surface area contributed by atoms with Crippen LogP contribution in [0, 0.1) is 11.8 Å². The molecule has 2 unspecified atom stereocenters. The van der Waals surface area contributed by atoms with Crippen LogP contribution in [0.4, 0.5) is 0 Å². The van der Waals surface area contributed by atoms with Crippen molar-refractivity contribution in [3.63, 3.8) is 0 Å². The van der Waals surface area contributed by atoms with Gasteiger partial charge in [-0.2, -0.15) is 0 Å². The minimum atomic E-state index is 0.246. The molecule has 1 aliphatic carbocycles. The molecule has 0 radical (unpaired) electrons. The zero-order chi connectivity index (χ0) is 14.5. The molecule has 0 aromatic heterocycles. The predicted octanol–water partition coefficient (Wildman–Crippen LogP) is 3.14. The number of aliphatic hydroxyl groups is 1. The first-order valence-electron chi connectivity index (χ1n) is 7.66. The topological polar surface area (TPSA) is 41.5 Å². The molecule has 112 valence electrons. The van der Waals surface area contributed by atoms with E-state index in [0.29, 0.717) is 18.0 Å². The molecule has 0 heterocycles. The zero-order valence-electron chi connectivity index (χ0n) is 12.8. The van der Waals surface area contributed by atoms with Crippen LogP contribution in [0.1, 0.15) is 44.7 Å². The monoisotopic (exact) mass is 277 g/mol. The van der Waals surface area contributed by atoms with Crippen molar-refractivity contribution in [2.75, 3.05) is 13.7 Å². The molecule has 1 saturated carbocycles. The molecule has 0 aliphatic heterocycles. The molecular weight excluding hydrogens is 250 g/mol. The number of hydrogen-bond acceptors (Lipinski definition) is 3. The van der Waals surface area contributed by atoms with Crippen LogP contribution in [0.2, 0.25) is 0 Å². The molecule has 0 spiro atoms. The highest BCUT2D eigenvalue weighted by molar-refractivity contribution is 5.30. The highest BCUT2D eigenvalue weighted by atomic mass is 16.5. The molecule has 3 heteroatoms.